The number of rotatable bonds is 9. The van der Waals surface area contributed by atoms with Crippen LogP contribution in [0.4, 0.5) is 4.39 Å². The highest BCUT2D eigenvalue weighted by atomic mass is 32.2. The van der Waals surface area contributed by atoms with E-state index in [1.807, 2.05) is 19.1 Å². The Morgan fingerprint density at radius 3 is 2.39 bits per heavy atom. The van der Waals surface area contributed by atoms with Crippen molar-refractivity contribution < 1.29 is 18.7 Å². The summed E-state index contributed by atoms with van der Waals surface area (Å²) < 4.78 is 18.5. The van der Waals surface area contributed by atoms with E-state index in [1.54, 1.807) is 18.2 Å². The summed E-state index contributed by atoms with van der Waals surface area (Å²) in [5.74, 6) is -0.779. The van der Waals surface area contributed by atoms with Crippen molar-refractivity contribution in [3.63, 3.8) is 0 Å². The molecule has 1 atom stereocenters. The summed E-state index contributed by atoms with van der Waals surface area (Å²) in [4.78, 5) is 24.2. The summed E-state index contributed by atoms with van der Waals surface area (Å²) in [6, 6.07) is 14.1. The van der Waals surface area contributed by atoms with Gasteiger partial charge in [0, 0.05) is 4.90 Å². The molecule has 0 fully saturated rings. The van der Waals surface area contributed by atoms with Crippen molar-refractivity contribution in [2.45, 2.75) is 38.1 Å². The zero-order chi connectivity index (χ0) is 20.5. The molecular formula is C22H26FNO3S. The van der Waals surface area contributed by atoms with Crippen molar-refractivity contribution in [2.24, 2.45) is 5.92 Å². The first-order valence-corrected chi connectivity index (χ1v) is 10.2. The minimum atomic E-state index is -0.561. The molecule has 0 heterocycles. The molecule has 0 aromatic heterocycles. The van der Waals surface area contributed by atoms with E-state index in [2.05, 4.69) is 31.3 Å². The van der Waals surface area contributed by atoms with Gasteiger partial charge in [-0.3, -0.25) is 9.59 Å². The molecule has 0 bridgehead atoms. The highest BCUT2D eigenvalue weighted by molar-refractivity contribution is 8.00. The Bertz CT molecular complexity index is 793. The maximum Gasteiger partial charge on any atom is 0.316 e. The first-order valence-electron chi connectivity index (χ1n) is 9.26. The molecule has 2 aromatic rings. The largest absolute Gasteiger partial charge is 0.455 e. The number of ether oxygens (including phenoxy) is 1. The van der Waals surface area contributed by atoms with E-state index in [1.165, 1.54) is 11.6 Å². The van der Waals surface area contributed by atoms with Gasteiger partial charge in [-0.25, -0.2) is 4.39 Å². The number of halogens is 1. The molecule has 0 aliphatic carbocycles. The van der Waals surface area contributed by atoms with Crippen molar-refractivity contribution in [3.05, 3.63) is 65.5 Å². The van der Waals surface area contributed by atoms with Gasteiger partial charge >= 0.3 is 5.97 Å². The number of nitrogens with one attached hydrogen (secondary N) is 1. The number of carbonyl (C=O) groups is 2. The standard InChI is InChI=1S/C22H26FNO3S/c1-15(2)12-17-8-10-18(11-9-17)16(3)24-21(25)13-27-22(26)14-28-20-7-5-4-6-19(20)23/h4-11,15-16H,12-14H2,1-3H3,(H,24,25)/t16-/m0/s1. The molecule has 6 heteroatoms. The summed E-state index contributed by atoms with van der Waals surface area (Å²) in [5, 5.41) is 2.81. The molecular weight excluding hydrogens is 377 g/mol. The molecule has 0 radical (unpaired) electrons. The zero-order valence-electron chi connectivity index (χ0n) is 16.4. The lowest BCUT2D eigenvalue weighted by Gasteiger charge is -2.15. The third-order valence-corrected chi connectivity index (χ3v) is 5.07. The maximum atomic E-state index is 13.5. The van der Waals surface area contributed by atoms with Gasteiger partial charge in [0.2, 0.25) is 0 Å². The average molecular weight is 404 g/mol. The van der Waals surface area contributed by atoms with E-state index in [0.29, 0.717) is 10.8 Å². The van der Waals surface area contributed by atoms with Gasteiger partial charge in [-0.05, 0) is 42.5 Å². The van der Waals surface area contributed by atoms with Crippen molar-refractivity contribution in [3.8, 4) is 0 Å². The molecule has 1 N–H and O–H groups in total. The van der Waals surface area contributed by atoms with E-state index in [9.17, 15) is 14.0 Å². The van der Waals surface area contributed by atoms with E-state index < -0.39 is 5.97 Å². The molecule has 150 valence electrons. The predicted molar refractivity (Wildman–Crippen MR) is 110 cm³/mol. The highest BCUT2D eigenvalue weighted by Gasteiger charge is 2.13. The lowest BCUT2D eigenvalue weighted by Crippen LogP contribution is -2.31. The van der Waals surface area contributed by atoms with Gasteiger partial charge in [0.25, 0.3) is 5.91 Å². The molecule has 2 rings (SSSR count). The third-order valence-electron chi connectivity index (χ3n) is 4.05. The van der Waals surface area contributed by atoms with E-state index in [-0.39, 0.29) is 30.1 Å². The van der Waals surface area contributed by atoms with Crippen LogP contribution in [0.15, 0.2) is 53.4 Å². The van der Waals surface area contributed by atoms with E-state index in [0.717, 1.165) is 23.7 Å². The Balaban J connectivity index is 1.73. The Hall–Kier alpha value is -2.34. The Morgan fingerprint density at radius 1 is 1.07 bits per heavy atom. The van der Waals surface area contributed by atoms with Gasteiger partial charge in [0.15, 0.2) is 6.61 Å². The highest BCUT2D eigenvalue weighted by Crippen LogP contribution is 2.21. The molecule has 1 amide bonds. The van der Waals surface area contributed by atoms with Gasteiger partial charge in [-0.2, -0.15) is 0 Å². The molecule has 0 unspecified atom stereocenters. The smallest absolute Gasteiger partial charge is 0.316 e. The molecule has 0 aliphatic heterocycles. The Labute approximate surface area is 169 Å². The van der Waals surface area contributed by atoms with E-state index >= 15 is 0 Å². The second-order valence-corrected chi connectivity index (χ2v) is 8.03. The van der Waals surface area contributed by atoms with Crippen LogP contribution in [-0.4, -0.2) is 24.2 Å². The quantitative estimate of drug-likeness (QED) is 0.493. The molecule has 4 nitrogen and oxygen atoms in total. The average Bonchev–Trinajstić information content (AvgIpc) is 2.65. The molecule has 0 saturated carbocycles. The maximum absolute atomic E-state index is 13.5. The van der Waals surface area contributed by atoms with Crippen LogP contribution in [0.1, 0.15) is 37.9 Å². The molecule has 2 aromatic carbocycles. The van der Waals surface area contributed by atoms with Gasteiger partial charge in [0.05, 0.1) is 11.8 Å². The Kier molecular flexibility index (Phi) is 8.51. The molecule has 0 spiro atoms. The lowest BCUT2D eigenvalue weighted by molar-refractivity contribution is -0.146. The number of hydrogen-bond donors (Lipinski definition) is 1. The topological polar surface area (TPSA) is 55.4 Å². The molecule has 28 heavy (non-hydrogen) atoms. The first-order chi connectivity index (χ1) is 13.3. The summed E-state index contributed by atoms with van der Waals surface area (Å²) in [5.41, 5.74) is 2.25. The fourth-order valence-corrected chi connectivity index (χ4v) is 3.40. The summed E-state index contributed by atoms with van der Waals surface area (Å²) >= 11 is 1.04. The van der Waals surface area contributed by atoms with Gasteiger partial charge in [-0.1, -0.05) is 50.2 Å². The van der Waals surface area contributed by atoms with Crippen LogP contribution in [0.25, 0.3) is 0 Å². The lowest BCUT2D eigenvalue weighted by atomic mass is 10.00. The molecule has 0 saturated heterocycles. The number of esters is 1. The van der Waals surface area contributed by atoms with Gasteiger partial charge < -0.3 is 10.1 Å². The van der Waals surface area contributed by atoms with Crippen LogP contribution in [0.3, 0.4) is 0 Å². The van der Waals surface area contributed by atoms with Gasteiger partial charge in [0.1, 0.15) is 5.82 Å². The SMILES string of the molecule is CC(C)Cc1ccc([C@H](C)NC(=O)COC(=O)CSc2ccccc2F)cc1. The first kappa shape index (κ1) is 22.0. The second kappa shape index (κ2) is 10.9. The zero-order valence-corrected chi connectivity index (χ0v) is 17.2. The predicted octanol–water partition coefficient (Wildman–Crippen LogP) is 4.54. The van der Waals surface area contributed by atoms with Crippen LogP contribution in [0.5, 0.6) is 0 Å². The normalized spacial score (nSPS) is 11.9. The fourth-order valence-electron chi connectivity index (χ4n) is 2.67. The number of amides is 1. The van der Waals surface area contributed by atoms with Crippen LogP contribution >= 0.6 is 11.8 Å². The summed E-state index contributed by atoms with van der Waals surface area (Å²) in [6.45, 7) is 5.87. The van der Waals surface area contributed by atoms with E-state index in [4.69, 9.17) is 4.74 Å². The van der Waals surface area contributed by atoms with Crippen LogP contribution in [0.2, 0.25) is 0 Å². The summed E-state index contributed by atoms with van der Waals surface area (Å²) in [6.07, 6.45) is 1.02. The van der Waals surface area contributed by atoms with Crippen LogP contribution < -0.4 is 5.32 Å². The Morgan fingerprint density at radius 2 is 1.75 bits per heavy atom. The second-order valence-electron chi connectivity index (χ2n) is 7.01. The summed E-state index contributed by atoms with van der Waals surface area (Å²) in [7, 11) is 0. The van der Waals surface area contributed by atoms with Gasteiger partial charge in [-0.15, -0.1) is 11.8 Å². The monoisotopic (exact) mass is 403 g/mol. The van der Waals surface area contributed by atoms with Crippen molar-refractivity contribution in [2.75, 3.05) is 12.4 Å². The van der Waals surface area contributed by atoms with Crippen molar-refractivity contribution in [1.29, 1.82) is 0 Å². The third kappa shape index (κ3) is 7.35. The van der Waals surface area contributed by atoms with Crippen LogP contribution in [0, 0.1) is 11.7 Å². The number of benzene rings is 2. The van der Waals surface area contributed by atoms with Crippen LogP contribution in [-0.2, 0) is 20.7 Å². The van der Waals surface area contributed by atoms with Crippen molar-refractivity contribution in [1.82, 2.24) is 5.32 Å². The number of hydrogen-bond acceptors (Lipinski definition) is 4. The number of carbonyl (C=O) groups excluding carboxylic acids is 2. The minimum absolute atomic E-state index is 0.0545. The van der Waals surface area contributed by atoms with Crippen molar-refractivity contribution >= 4 is 23.6 Å². The molecule has 0 aliphatic rings. The fraction of sp³-hybridized carbons (Fsp3) is 0.364. The number of thioether (sulfide) groups is 1. The minimum Gasteiger partial charge on any atom is -0.455 e.